The Bertz CT molecular complexity index is 1080. The molecule has 146 valence electrons. The Morgan fingerprint density at radius 3 is 2.36 bits per heavy atom. The van der Waals surface area contributed by atoms with Gasteiger partial charge in [0.25, 0.3) is 0 Å². The standard InChI is InChI=1S/C24H28N2O2/c1-16-5-6-18(3)21(12-16)26-9-7-25(8-10-26)15-20-14-23(27)28-22-13-17(2)11-19(4)24(20)22/h5-6,11-14H,7-10,15H2,1-4H3. The maximum Gasteiger partial charge on any atom is 0.336 e. The normalized spacial score (nSPS) is 15.4. The van der Waals surface area contributed by atoms with Gasteiger partial charge in [-0.05, 0) is 67.6 Å². The van der Waals surface area contributed by atoms with E-state index in [9.17, 15) is 4.79 Å². The molecule has 0 aliphatic carbocycles. The van der Waals surface area contributed by atoms with E-state index in [1.54, 1.807) is 6.07 Å². The molecule has 2 aromatic carbocycles. The van der Waals surface area contributed by atoms with Gasteiger partial charge < -0.3 is 9.32 Å². The van der Waals surface area contributed by atoms with Crippen molar-refractivity contribution in [1.82, 2.24) is 4.90 Å². The van der Waals surface area contributed by atoms with Crippen LogP contribution in [0.5, 0.6) is 0 Å². The van der Waals surface area contributed by atoms with Gasteiger partial charge in [0.15, 0.2) is 0 Å². The van der Waals surface area contributed by atoms with E-state index >= 15 is 0 Å². The van der Waals surface area contributed by atoms with Crippen LogP contribution in [-0.2, 0) is 6.54 Å². The minimum Gasteiger partial charge on any atom is -0.423 e. The highest BCUT2D eigenvalue weighted by Crippen LogP contribution is 2.26. The third kappa shape index (κ3) is 3.69. The fraction of sp³-hybridized carbons (Fsp3) is 0.375. The van der Waals surface area contributed by atoms with E-state index in [1.807, 2.05) is 13.0 Å². The summed E-state index contributed by atoms with van der Waals surface area (Å²) in [5.41, 5.74) is 7.78. The highest BCUT2D eigenvalue weighted by Gasteiger charge is 2.20. The Morgan fingerprint density at radius 1 is 0.857 bits per heavy atom. The number of nitrogens with zero attached hydrogens (tertiary/aromatic N) is 2. The first-order valence-electron chi connectivity index (χ1n) is 9.99. The summed E-state index contributed by atoms with van der Waals surface area (Å²) < 4.78 is 5.47. The predicted octanol–water partition coefficient (Wildman–Crippen LogP) is 4.35. The van der Waals surface area contributed by atoms with Crippen LogP contribution < -0.4 is 10.5 Å². The van der Waals surface area contributed by atoms with E-state index in [-0.39, 0.29) is 5.63 Å². The molecule has 0 atom stereocenters. The minimum atomic E-state index is -0.262. The molecule has 1 aromatic heterocycles. The van der Waals surface area contributed by atoms with Crippen molar-refractivity contribution in [1.29, 1.82) is 0 Å². The molecule has 1 aliphatic rings. The summed E-state index contributed by atoms with van der Waals surface area (Å²) in [6.07, 6.45) is 0. The predicted molar refractivity (Wildman–Crippen MR) is 115 cm³/mol. The smallest absolute Gasteiger partial charge is 0.336 e. The van der Waals surface area contributed by atoms with Crippen LogP contribution in [0.15, 0.2) is 45.6 Å². The van der Waals surface area contributed by atoms with Crippen molar-refractivity contribution >= 4 is 16.7 Å². The van der Waals surface area contributed by atoms with E-state index in [0.29, 0.717) is 5.58 Å². The number of benzene rings is 2. The van der Waals surface area contributed by atoms with E-state index in [4.69, 9.17) is 4.42 Å². The molecule has 4 nitrogen and oxygen atoms in total. The van der Waals surface area contributed by atoms with Crippen LogP contribution in [0.3, 0.4) is 0 Å². The molecule has 0 N–H and O–H groups in total. The monoisotopic (exact) mass is 376 g/mol. The Labute approximate surface area is 166 Å². The SMILES string of the molecule is Cc1ccc(C)c(N2CCN(Cc3cc(=O)oc4cc(C)cc(C)c34)CC2)c1. The molecule has 4 heteroatoms. The molecule has 1 fully saturated rings. The van der Waals surface area contributed by atoms with E-state index in [2.05, 4.69) is 54.8 Å². The van der Waals surface area contributed by atoms with E-state index in [0.717, 1.165) is 49.2 Å². The zero-order valence-electron chi connectivity index (χ0n) is 17.2. The maximum absolute atomic E-state index is 12.1. The van der Waals surface area contributed by atoms with Crippen LogP contribution in [0.1, 0.15) is 27.8 Å². The van der Waals surface area contributed by atoms with Gasteiger partial charge in [0.2, 0.25) is 0 Å². The van der Waals surface area contributed by atoms with Crippen LogP contribution >= 0.6 is 0 Å². The van der Waals surface area contributed by atoms with Gasteiger partial charge in [0.1, 0.15) is 5.58 Å². The average Bonchev–Trinajstić information content (AvgIpc) is 2.63. The quantitative estimate of drug-likeness (QED) is 0.637. The van der Waals surface area contributed by atoms with Gasteiger partial charge in [0, 0.05) is 49.9 Å². The Hall–Kier alpha value is -2.59. The van der Waals surface area contributed by atoms with Crippen molar-refractivity contribution < 1.29 is 4.42 Å². The van der Waals surface area contributed by atoms with Gasteiger partial charge in [-0.2, -0.15) is 0 Å². The number of aryl methyl sites for hydroxylation is 4. The summed E-state index contributed by atoms with van der Waals surface area (Å²) >= 11 is 0. The van der Waals surface area contributed by atoms with Crippen molar-refractivity contribution in [3.63, 3.8) is 0 Å². The molecule has 28 heavy (non-hydrogen) atoms. The largest absolute Gasteiger partial charge is 0.423 e. The lowest BCUT2D eigenvalue weighted by Gasteiger charge is -2.37. The molecule has 0 bridgehead atoms. The van der Waals surface area contributed by atoms with Crippen LogP contribution in [0.4, 0.5) is 5.69 Å². The average molecular weight is 377 g/mol. The van der Waals surface area contributed by atoms with Crippen molar-refractivity contribution in [2.24, 2.45) is 0 Å². The lowest BCUT2D eigenvalue weighted by molar-refractivity contribution is 0.250. The maximum atomic E-state index is 12.1. The molecule has 4 rings (SSSR count). The summed E-state index contributed by atoms with van der Waals surface area (Å²) in [7, 11) is 0. The molecule has 0 unspecified atom stereocenters. The number of fused-ring (bicyclic) bond motifs is 1. The first-order valence-corrected chi connectivity index (χ1v) is 9.99. The number of piperazine rings is 1. The third-order valence-corrected chi connectivity index (χ3v) is 5.74. The van der Waals surface area contributed by atoms with E-state index < -0.39 is 0 Å². The molecular weight excluding hydrogens is 348 g/mol. The molecular formula is C24H28N2O2. The molecule has 0 saturated carbocycles. The summed E-state index contributed by atoms with van der Waals surface area (Å²) in [5, 5.41) is 1.09. The second-order valence-corrected chi connectivity index (χ2v) is 8.10. The minimum absolute atomic E-state index is 0.262. The van der Waals surface area contributed by atoms with Crippen molar-refractivity contribution in [3.05, 3.63) is 74.6 Å². The summed E-state index contributed by atoms with van der Waals surface area (Å²) in [4.78, 5) is 17.0. The molecule has 1 aliphatic heterocycles. The number of rotatable bonds is 3. The fourth-order valence-electron chi connectivity index (χ4n) is 4.35. The highest BCUT2D eigenvalue weighted by molar-refractivity contribution is 5.84. The number of hydrogen-bond donors (Lipinski definition) is 0. The van der Waals surface area contributed by atoms with Crippen LogP contribution in [0.25, 0.3) is 11.0 Å². The topological polar surface area (TPSA) is 36.7 Å². The Morgan fingerprint density at radius 2 is 1.61 bits per heavy atom. The summed E-state index contributed by atoms with van der Waals surface area (Å²) in [5.74, 6) is 0. The molecule has 0 amide bonds. The van der Waals surface area contributed by atoms with Crippen molar-refractivity contribution in [2.75, 3.05) is 31.1 Å². The number of hydrogen-bond acceptors (Lipinski definition) is 4. The second kappa shape index (κ2) is 7.44. The zero-order chi connectivity index (χ0) is 19.8. The summed E-state index contributed by atoms with van der Waals surface area (Å²) in [6.45, 7) is 13.2. The van der Waals surface area contributed by atoms with Crippen LogP contribution in [0, 0.1) is 27.7 Å². The molecule has 0 spiro atoms. The van der Waals surface area contributed by atoms with Gasteiger partial charge in [-0.25, -0.2) is 4.79 Å². The molecule has 1 saturated heterocycles. The van der Waals surface area contributed by atoms with Crippen LogP contribution in [-0.4, -0.2) is 31.1 Å². The van der Waals surface area contributed by atoms with Crippen molar-refractivity contribution in [2.45, 2.75) is 34.2 Å². The fourth-order valence-corrected chi connectivity index (χ4v) is 4.35. The first-order chi connectivity index (χ1) is 13.4. The van der Waals surface area contributed by atoms with Crippen LogP contribution in [0.2, 0.25) is 0 Å². The van der Waals surface area contributed by atoms with Gasteiger partial charge in [-0.3, -0.25) is 4.90 Å². The Balaban J connectivity index is 1.54. The lowest BCUT2D eigenvalue weighted by Crippen LogP contribution is -2.46. The summed E-state index contributed by atoms with van der Waals surface area (Å²) in [6, 6.07) is 12.5. The molecule has 3 aromatic rings. The van der Waals surface area contributed by atoms with Gasteiger partial charge in [-0.15, -0.1) is 0 Å². The first kappa shape index (κ1) is 18.8. The van der Waals surface area contributed by atoms with Crippen molar-refractivity contribution in [3.8, 4) is 0 Å². The zero-order valence-corrected chi connectivity index (χ0v) is 17.2. The molecule has 0 radical (unpaired) electrons. The van der Waals surface area contributed by atoms with Gasteiger partial charge >= 0.3 is 5.63 Å². The van der Waals surface area contributed by atoms with Gasteiger partial charge in [-0.1, -0.05) is 18.2 Å². The van der Waals surface area contributed by atoms with Gasteiger partial charge in [0.05, 0.1) is 0 Å². The third-order valence-electron chi connectivity index (χ3n) is 5.74. The second-order valence-electron chi connectivity index (χ2n) is 8.10. The lowest BCUT2D eigenvalue weighted by atomic mass is 10.0. The van der Waals surface area contributed by atoms with E-state index in [1.165, 1.54) is 22.4 Å². The number of anilines is 1. The molecule has 2 heterocycles. The Kier molecular flexibility index (Phi) is 4.98. The highest BCUT2D eigenvalue weighted by atomic mass is 16.4.